The Bertz CT molecular complexity index is 1060. The maximum Gasteiger partial charge on any atom is 0.305 e. The highest BCUT2D eigenvalue weighted by Crippen LogP contribution is 2.17. The van der Waals surface area contributed by atoms with Crippen molar-refractivity contribution >= 4 is 66.4 Å². The maximum absolute atomic E-state index is 13.1. The largest absolute Gasteiger partial charge is 0.469 e. The fraction of sp³-hybridized carbons (Fsp3) is 0.308. The summed E-state index contributed by atoms with van der Waals surface area (Å²) in [6.45, 7) is 0. The number of unbranched alkanes of at least 4 members (excludes halogenated alkanes) is 2. The predicted molar refractivity (Wildman–Crippen MR) is 148 cm³/mol. The topological polar surface area (TPSA) is 52.6 Å². The van der Waals surface area contributed by atoms with Gasteiger partial charge < -0.3 is 9.47 Å². The molecule has 0 aliphatic carbocycles. The number of methoxy groups -OCH3 is 2. The van der Waals surface area contributed by atoms with Crippen molar-refractivity contribution in [3.8, 4) is 24.2 Å². The molecule has 0 atom stereocenters. The fourth-order valence-electron chi connectivity index (χ4n) is 2.07. The number of hydrogen-bond donors (Lipinski definition) is 0. The molecule has 9 heteroatoms. The van der Waals surface area contributed by atoms with E-state index in [1.165, 1.54) is 26.4 Å². The van der Waals surface area contributed by atoms with Crippen molar-refractivity contribution < 1.29 is 27.8 Å². The summed E-state index contributed by atoms with van der Waals surface area (Å²) in [6, 6.07) is 9.74. The van der Waals surface area contributed by atoms with Gasteiger partial charge in [0, 0.05) is 34.8 Å². The molecule has 0 N–H and O–H groups in total. The van der Waals surface area contributed by atoms with Crippen LogP contribution < -0.4 is 0 Å². The Morgan fingerprint density at radius 1 is 0.914 bits per heavy atom. The molecular weight excluding hydrogens is 701 g/mol. The SMILES string of the molecule is C#CCCCC(=O)OC.COC(=O)CCCC#Cc1ccc(Br)c(F)c1.Fc1cc(I)ccc1Br. The average Bonchev–Trinajstić information content (AvgIpc) is 2.84. The first-order chi connectivity index (χ1) is 16.6. The minimum Gasteiger partial charge on any atom is -0.469 e. The molecule has 0 aliphatic heterocycles. The van der Waals surface area contributed by atoms with E-state index in [0.29, 0.717) is 46.6 Å². The second kappa shape index (κ2) is 20.3. The molecule has 0 amide bonds. The molecule has 0 fully saturated rings. The summed E-state index contributed by atoms with van der Waals surface area (Å²) in [5.41, 5.74) is 0.628. The Balaban J connectivity index is 0.000000543. The van der Waals surface area contributed by atoms with Crippen molar-refractivity contribution in [2.45, 2.75) is 38.5 Å². The Kier molecular flexibility index (Phi) is 19.1. The molecule has 0 saturated heterocycles. The predicted octanol–water partition coefficient (Wildman–Crippen LogP) is 7.44. The van der Waals surface area contributed by atoms with Crippen LogP contribution in [0.25, 0.3) is 0 Å². The van der Waals surface area contributed by atoms with Crippen molar-refractivity contribution in [2.75, 3.05) is 14.2 Å². The van der Waals surface area contributed by atoms with Gasteiger partial charge in [0.1, 0.15) is 11.6 Å². The Hall–Kier alpha value is -1.95. The number of esters is 2. The summed E-state index contributed by atoms with van der Waals surface area (Å²) in [4.78, 5) is 21.2. The van der Waals surface area contributed by atoms with E-state index >= 15 is 0 Å². The molecule has 0 heterocycles. The summed E-state index contributed by atoms with van der Waals surface area (Å²) in [7, 11) is 2.73. The fourth-order valence-corrected chi connectivity index (χ4v) is 3.02. The van der Waals surface area contributed by atoms with E-state index in [4.69, 9.17) is 6.42 Å². The quantitative estimate of drug-likeness (QED) is 0.102. The van der Waals surface area contributed by atoms with Crippen LogP contribution >= 0.6 is 54.5 Å². The number of benzene rings is 2. The minimum absolute atomic E-state index is 0.190. The second-order valence-corrected chi connectivity index (χ2v) is 9.51. The molecule has 0 aliphatic rings. The first-order valence-electron chi connectivity index (χ1n) is 10.3. The van der Waals surface area contributed by atoms with E-state index in [2.05, 4.69) is 81.7 Å². The molecule has 0 spiro atoms. The lowest BCUT2D eigenvalue weighted by Crippen LogP contribution is -1.98. The highest BCUT2D eigenvalue weighted by Gasteiger charge is 1.99. The van der Waals surface area contributed by atoms with Gasteiger partial charge in [0.2, 0.25) is 0 Å². The van der Waals surface area contributed by atoms with Crippen molar-refractivity contribution in [1.29, 1.82) is 0 Å². The van der Waals surface area contributed by atoms with Crippen LogP contribution in [-0.4, -0.2) is 26.2 Å². The third-order valence-electron chi connectivity index (χ3n) is 3.87. The van der Waals surface area contributed by atoms with Crippen LogP contribution in [0.3, 0.4) is 0 Å². The molecule has 0 saturated carbocycles. The second-order valence-electron chi connectivity index (χ2n) is 6.55. The molecule has 0 aromatic heterocycles. The van der Waals surface area contributed by atoms with E-state index < -0.39 is 0 Å². The van der Waals surface area contributed by atoms with Crippen molar-refractivity contribution in [2.24, 2.45) is 0 Å². The Morgan fingerprint density at radius 3 is 1.89 bits per heavy atom. The van der Waals surface area contributed by atoms with Gasteiger partial charge in [0.15, 0.2) is 0 Å². The van der Waals surface area contributed by atoms with Gasteiger partial charge in [0.05, 0.1) is 23.2 Å². The van der Waals surface area contributed by atoms with Crippen molar-refractivity contribution in [3.05, 3.63) is 66.1 Å². The zero-order valence-electron chi connectivity index (χ0n) is 19.3. The summed E-state index contributed by atoms with van der Waals surface area (Å²) in [5, 5.41) is 0. The van der Waals surface area contributed by atoms with Crippen LogP contribution in [0.15, 0.2) is 45.3 Å². The zero-order chi connectivity index (χ0) is 26.6. The number of carbonyl (C=O) groups is 2. The average molecular weight is 726 g/mol. The third kappa shape index (κ3) is 17.2. The number of hydrogen-bond acceptors (Lipinski definition) is 4. The number of halogens is 5. The number of carbonyl (C=O) groups excluding carboxylic acids is 2. The van der Waals surface area contributed by atoms with E-state index in [9.17, 15) is 18.4 Å². The monoisotopic (exact) mass is 724 g/mol. The van der Waals surface area contributed by atoms with E-state index in [1.807, 2.05) is 6.07 Å². The molecular formula is C26H25Br2F2IO4. The smallest absolute Gasteiger partial charge is 0.305 e. The van der Waals surface area contributed by atoms with Crippen LogP contribution in [0, 0.1) is 39.4 Å². The van der Waals surface area contributed by atoms with Crippen LogP contribution in [0.2, 0.25) is 0 Å². The molecule has 188 valence electrons. The van der Waals surface area contributed by atoms with Crippen LogP contribution in [0.4, 0.5) is 8.78 Å². The number of ether oxygens (including phenoxy) is 2. The molecule has 2 aromatic rings. The Morgan fingerprint density at radius 2 is 1.43 bits per heavy atom. The highest BCUT2D eigenvalue weighted by molar-refractivity contribution is 14.1. The lowest BCUT2D eigenvalue weighted by Gasteiger charge is -1.95. The molecule has 2 rings (SSSR count). The summed E-state index contributed by atoms with van der Waals surface area (Å²) >= 11 is 8.18. The lowest BCUT2D eigenvalue weighted by molar-refractivity contribution is -0.141. The standard InChI is InChI=1S/C13H12BrFO2.C7H10O2.C6H3BrFI/c1-17-13(16)6-4-2-3-5-10-7-8-11(14)12(15)9-10;1-3-4-5-6-7(8)9-2;7-5-2-1-4(9)3-6(5)8/h7-9H,2,4,6H2,1H3;1H,4-6H2,2H3;1-3H. The number of terminal acetylenes is 1. The Labute approximate surface area is 235 Å². The van der Waals surface area contributed by atoms with Crippen molar-refractivity contribution in [1.82, 2.24) is 0 Å². The van der Waals surface area contributed by atoms with Gasteiger partial charge in [-0.25, -0.2) is 8.78 Å². The molecule has 0 radical (unpaired) electrons. The first kappa shape index (κ1) is 33.1. The van der Waals surface area contributed by atoms with E-state index in [1.54, 1.807) is 18.2 Å². The van der Waals surface area contributed by atoms with Crippen molar-refractivity contribution in [3.63, 3.8) is 0 Å². The van der Waals surface area contributed by atoms with Gasteiger partial charge >= 0.3 is 11.9 Å². The molecule has 0 bridgehead atoms. The van der Waals surface area contributed by atoms with Gasteiger partial charge in [-0.15, -0.1) is 12.3 Å². The van der Waals surface area contributed by atoms with E-state index in [-0.39, 0.29) is 23.6 Å². The molecule has 2 aromatic carbocycles. The third-order valence-corrected chi connectivity index (χ3v) is 5.83. The minimum atomic E-state index is -0.327. The summed E-state index contributed by atoms with van der Waals surface area (Å²) < 4.78 is 36.4. The normalized spacial score (nSPS) is 9.09. The van der Waals surface area contributed by atoms with Gasteiger partial charge in [-0.1, -0.05) is 11.8 Å². The molecule has 4 nitrogen and oxygen atoms in total. The first-order valence-corrected chi connectivity index (χ1v) is 12.9. The molecule has 35 heavy (non-hydrogen) atoms. The summed E-state index contributed by atoms with van der Waals surface area (Å²) in [6.07, 6.45) is 8.36. The van der Waals surface area contributed by atoms with Gasteiger partial charge in [0.25, 0.3) is 0 Å². The summed E-state index contributed by atoms with van der Waals surface area (Å²) in [5.74, 6) is 7.21. The van der Waals surface area contributed by atoms with Crippen LogP contribution in [0.1, 0.15) is 44.1 Å². The zero-order valence-corrected chi connectivity index (χ0v) is 24.6. The lowest BCUT2D eigenvalue weighted by atomic mass is 10.2. The highest BCUT2D eigenvalue weighted by atomic mass is 127. The van der Waals surface area contributed by atoms with Gasteiger partial charge in [-0.2, -0.15) is 0 Å². The molecule has 0 unspecified atom stereocenters. The van der Waals surface area contributed by atoms with Gasteiger partial charge in [-0.05, 0) is 104 Å². The van der Waals surface area contributed by atoms with E-state index in [0.717, 1.165) is 9.99 Å². The van der Waals surface area contributed by atoms with Crippen LogP contribution in [0.5, 0.6) is 0 Å². The van der Waals surface area contributed by atoms with Crippen LogP contribution in [-0.2, 0) is 19.1 Å². The number of rotatable bonds is 6. The maximum atomic E-state index is 13.1. The van der Waals surface area contributed by atoms with Gasteiger partial charge in [-0.3, -0.25) is 9.59 Å².